The van der Waals surface area contributed by atoms with Crippen molar-refractivity contribution in [2.24, 2.45) is 0 Å². The molecule has 0 spiro atoms. The molecule has 1 heterocycles. The molecule has 0 saturated carbocycles. The Kier molecular flexibility index (Phi) is 5.07. The molecule has 0 aliphatic carbocycles. The predicted molar refractivity (Wildman–Crippen MR) is 59.6 cm³/mol. The van der Waals surface area contributed by atoms with Gasteiger partial charge in [0.15, 0.2) is 6.54 Å². The van der Waals surface area contributed by atoms with Gasteiger partial charge in [0, 0.05) is 0 Å². The fraction of sp³-hybridized carbons (Fsp3) is 0.429. The first kappa shape index (κ1) is 18.9. The third-order valence-electron chi connectivity index (χ3n) is 1.49. The van der Waals surface area contributed by atoms with E-state index in [9.17, 15) is 34.4 Å². The molecule has 0 fully saturated rings. The molecule has 1 amide bonds. The minimum absolute atomic E-state index is 0.496. The van der Waals surface area contributed by atoms with E-state index in [0.29, 0.717) is 5.69 Å². The number of anilines is 1. The van der Waals surface area contributed by atoms with E-state index in [1.54, 1.807) is 17.1 Å². The standard InChI is InChI=1S/C7H9ClFN3O.F6P/c1-2-12-4-5(3-10-12)11-7(13)6(8)9;1-7(2,3,4,5)6/h3-4,6H,2H2,1H3,(H,11,13);/q;-1/p+1. The van der Waals surface area contributed by atoms with E-state index in [-0.39, 0.29) is 0 Å². The number of amides is 1. The second-order valence-corrected chi connectivity index (χ2v) is 5.69. The van der Waals surface area contributed by atoms with Gasteiger partial charge in [-0.3, -0.25) is 4.79 Å². The van der Waals surface area contributed by atoms with E-state index in [4.69, 9.17) is 11.6 Å². The molecule has 1 aromatic rings. The number of H-pyrrole nitrogens is 1. The molecule has 0 saturated heterocycles. The summed E-state index contributed by atoms with van der Waals surface area (Å²) in [6, 6.07) is 0. The molecule has 120 valence electrons. The van der Waals surface area contributed by atoms with Gasteiger partial charge < -0.3 is 5.32 Å². The second-order valence-electron chi connectivity index (χ2n) is 3.39. The number of aromatic nitrogens is 2. The molecule has 0 bridgehead atoms. The summed E-state index contributed by atoms with van der Waals surface area (Å²) in [5.74, 6) is -0.857. The van der Waals surface area contributed by atoms with Gasteiger partial charge in [0.05, 0.1) is 6.20 Å². The van der Waals surface area contributed by atoms with Crippen molar-refractivity contribution in [3.63, 3.8) is 0 Å². The van der Waals surface area contributed by atoms with Gasteiger partial charge in [-0.05, 0) is 6.92 Å². The van der Waals surface area contributed by atoms with Gasteiger partial charge in [0.25, 0.3) is 11.5 Å². The zero-order valence-electron chi connectivity index (χ0n) is 9.77. The van der Waals surface area contributed by atoms with Crippen LogP contribution >= 0.6 is 19.4 Å². The monoisotopic (exact) mass is 351 g/mol. The molecular weight excluding hydrogens is 342 g/mol. The summed E-state index contributed by atoms with van der Waals surface area (Å²) < 4.78 is 73.1. The number of halogens is 8. The van der Waals surface area contributed by atoms with Crippen LogP contribution in [-0.4, -0.2) is 16.6 Å². The quantitative estimate of drug-likeness (QED) is 0.365. The number of nitrogens with one attached hydrogen (secondary N) is 2. The topological polar surface area (TPSA) is 48.8 Å². The Morgan fingerprint density at radius 1 is 1.40 bits per heavy atom. The molecule has 13 heteroatoms. The number of hydrogen-bond donors (Lipinski definition) is 2. The number of alkyl halides is 2. The fourth-order valence-electron chi connectivity index (χ4n) is 0.843. The predicted octanol–water partition coefficient (Wildman–Crippen LogP) is 4.18. The van der Waals surface area contributed by atoms with Crippen LogP contribution in [0.3, 0.4) is 0 Å². The van der Waals surface area contributed by atoms with E-state index in [1.165, 1.54) is 0 Å². The van der Waals surface area contributed by atoms with Crippen LogP contribution in [0.4, 0.5) is 35.3 Å². The Hall–Kier alpha value is -1.09. The number of rotatable bonds is 3. The van der Waals surface area contributed by atoms with Crippen LogP contribution in [-0.2, 0) is 11.3 Å². The van der Waals surface area contributed by atoms with Gasteiger partial charge in [0.1, 0.15) is 5.69 Å². The zero-order chi connectivity index (χ0) is 16.3. The maximum atomic E-state index is 12.2. The van der Waals surface area contributed by atoms with Crippen LogP contribution in [0.1, 0.15) is 6.92 Å². The van der Waals surface area contributed by atoms with E-state index in [0.717, 1.165) is 6.54 Å². The van der Waals surface area contributed by atoms with Crippen LogP contribution in [0.2, 0.25) is 0 Å². The van der Waals surface area contributed by atoms with Crippen molar-refractivity contribution in [2.75, 3.05) is 5.32 Å². The van der Waals surface area contributed by atoms with Crippen LogP contribution < -0.4 is 10.00 Å². The van der Waals surface area contributed by atoms with Gasteiger partial charge in [-0.25, -0.2) is 4.39 Å². The molecule has 4 nitrogen and oxygen atoms in total. The Morgan fingerprint density at radius 3 is 2.15 bits per heavy atom. The van der Waals surface area contributed by atoms with Crippen molar-refractivity contribution in [3.05, 3.63) is 12.4 Å². The molecule has 20 heavy (non-hydrogen) atoms. The first-order valence-corrected chi connectivity index (χ1v) is 7.28. The summed E-state index contributed by atoms with van der Waals surface area (Å²) >= 11 is 4.92. The van der Waals surface area contributed by atoms with Gasteiger partial charge in [-0.2, -0.15) is 5.10 Å². The van der Waals surface area contributed by atoms with Crippen molar-refractivity contribution in [3.8, 4) is 0 Å². The van der Waals surface area contributed by atoms with Crippen molar-refractivity contribution < 1.29 is 39.0 Å². The van der Waals surface area contributed by atoms with Crippen molar-refractivity contribution >= 4 is 31.0 Å². The van der Waals surface area contributed by atoms with Crippen LogP contribution in [0.5, 0.6) is 0 Å². The average Bonchev–Trinajstić information content (AvgIpc) is 2.60. The van der Waals surface area contributed by atoms with Gasteiger partial charge in [-0.1, -0.05) is 11.6 Å². The van der Waals surface area contributed by atoms with Gasteiger partial charge in [-0.15, -0.1) is 4.68 Å². The summed E-state index contributed by atoms with van der Waals surface area (Å²) in [7, 11) is -10.7. The molecule has 1 unspecified atom stereocenters. The second kappa shape index (κ2) is 5.36. The zero-order valence-corrected chi connectivity index (χ0v) is 11.4. The summed E-state index contributed by atoms with van der Waals surface area (Å²) in [5.41, 5.74) is -1.51. The van der Waals surface area contributed by atoms with Crippen molar-refractivity contribution in [1.29, 1.82) is 0 Å². The van der Waals surface area contributed by atoms with E-state index in [2.05, 4.69) is 10.4 Å². The van der Waals surface area contributed by atoms with Crippen LogP contribution in [0.15, 0.2) is 12.4 Å². The Labute approximate surface area is 113 Å². The summed E-state index contributed by atoms with van der Waals surface area (Å²) in [4.78, 5) is 10.8. The van der Waals surface area contributed by atoms with Crippen LogP contribution in [0.25, 0.3) is 0 Å². The van der Waals surface area contributed by atoms with E-state index in [1.807, 2.05) is 6.92 Å². The number of carbonyl (C=O) groups is 1. The van der Waals surface area contributed by atoms with E-state index >= 15 is 0 Å². The molecule has 0 aliphatic heterocycles. The Morgan fingerprint density at radius 2 is 1.85 bits per heavy atom. The number of aromatic amines is 1. The number of nitrogens with zero attached hydrogens (tertiary/aromatic N) is 1. The molecule has 1 rings (SSSR count). The molecular formula is C7H10ClF7N3OP. The molecule has 0 radical (unpaired) electrons. The maximum absolute atomic E-state index is 12.2. The molecule has 0 aliphatic rings. The average molecular weight is 352 g/mol. The van der Waals surface area contributed by atoms with E-state index < -0.39 is 19.3 Å². The molecule has 0 aromatic carbocycles. The first-order chi connectivity index (χ1) is 8.58. The minimum atomic E-state index is -10.7. The summed E-state index contributed by atoms with van der Waals surface area (Å²) in [6.07, 6.45) is 3.21. The van der Waals surface area contributed by atoms with Gasteiger partial charge in [0.2, 0.25) is 6.20 Å². The summed E-state index contributed by atoms with van der Waals surface area (Å²) in [5, 5.41) is 5.13. The number of aryl methyl sites for hydroxylation is 1. The SMILES string of the molecule is CC[n+]1cc(NC(=O)C(F)Cl)c[nH]1.F[P-](F)(F)(F)(F)F. The molecule has 2 N–H and O–H groups in total. The Bertz CT molecular complexity index is 460. The third-order valence-corrected chi connectivity index (χ3v) is 1.69. The normalized spacial score (nSPS) is 16.2. The van der Waals surface area contributed by atoms with Crippen LogP contribution in [0, 0.1) is 0 Å². The van der Waals surface area contributed by atoms with Crippen molar-refractivity contribution in [1.82, 2.24) is 5.10 Å². The number of hydrogen-bond acceptors (Lipinski definition) is 1. The summed E-state index contributed by atoms with van der Waals surface area (Å²) in [6.45, 7) is 2.68. The Balaban J connectivity index is 0.000000441. The molecule has 1 aromatic heterocycles. The van der Waals surface area contributed by atoms with Crippen molar-refractivity contribution in [2.45, 2.75) is 19.1 Å². The first-order valence-electron chi connectivity index (χ1n) is 4.81. The number of carbonyl (C=O) groups excluding carboxylic acids is 1. The third kappa shape index (κ3) is 13.3. The molecule has 1 atom stereocenters. The van der Waals surface area contributed by atoms with Gasteiger partial charge >= 0.3 is 33.0 Å². The fourth-order valence-corrected chi connectivity index (χ4v) is 0.897.